The highest BCUT2D eigenvalue weighted by atomic mass is 19.4. The van der Waals surface area contributed by atoms with Crippen LogP contribution in [0.4, 0.5) is 13.2 Å². The average Bonchev–Trinajstić information content (AvgIpc) is 3.43. The lowest BCUT2D eigenvalue weighted by molar-refractivity contribution is -0.136. The molecule has 0 radical (unpaired) electrons. The molecule has 1 saturated heterocycles. The van der Waals surface area contributed by atoms with Gasteiger partial charge >= 0.3 is 6.18 Å². The first kappa shape index (κ1) is 23.0. The van der Waals surface area contributed by atoms with Gasteiger partial charge in [-0.05, 0) is 28.9 Å². The molecule has 3 heterocycles. The summed E-state index contributed by atoms with van der Waals surface area (Å²) >= 11 is 0. The number of benzene rings is 2. The minimum atomic E-state index is -4.69. The Labute approximate surface area is 206 Å². The molecule has 4 aromatic rings. The summed E-state index contributed by atoms with van der Waals surface area (Å²) in [5.74, 6) is 0.289. The van der Waals surface area contributed by atoms with Crippen LogP contribution < -0.4 is 0 Å². The Morgan fingerprint density at radius 3 is 2.36 bits per heavy atom. The molecular weight excluding hydrogens is 467 g/mol. The predicted molar refractivity (Wildman–Crippen MR) is 129 cm³/mol. The summed E-state index contributed by atoms with van der Waals surface area (Å²) in [6.07, 6.45) is -4.22. The van der Waals surface area contributed by atoms with Crippen molar-refractivity contribution in [3.63, 3.8) is 0 Å². The molecular formula is C28H26F3N3O2. The van der Waals surface area contributed by atoms with Gasteiger partial charge in [-0.25, -0.2) is 0 Å². The molecule has 0 saturated carbocycles. The van der Waals surface area contributed by atoms with Crippen LogP contribution in [0.2, 0.25) is 0 Å². The molecule has 0 atom stereocenters. The lowest BCUT2D eigenvalue weighted by atomic mass is 9.71. The fraction of sp³-hybridized carbons (Fsp3) is 0.357. The number of nitrogens with zero attached hydrogens (tertiary/aromatic N) is 3. The van der Waals surface area contributed by atoms with Gasteiger partial charge in [-0.1, -0.05) is 79.6 Å². The summed E-state index contributed by atoms with van der Waals surface area (Å²) in [6, 6.07) is 14.5. The van der Waals surface area contributed by atoms with Crippen LogP contribution in [0, 0.1) is 5.92 Å². The highest BCUT2D eigenvalue weighted by Gasteiger charge is 2.45. The summed E-state index contributed by atoms with van der Waals surface area (Å²) in [7, 11) is 0. The van der Waals surface area contributed by atoms with E-state index in [9.17, 15) is 13.2 Å². The van der Waals surface area contributed by atoms with Gasteiger partial charge in [0.2, 0.25) is 11.5 Å². The Balaban J connectivity index is 1.44. The van der Waals surface area contributed by atoms with Gasteiger partial charge in [0.15, 0.2) is 0 Å². The maximum absolute atomic E-state index is 14.3. The summed E-state index contributed by atoms with van der Waals surface area (Å²) in [5.41, 5.74) is 3.19. The van der Waals surface area contributed by atoms with Crippen molar-refractivity contribution in [2.75, 3.05) is 13.1 Å². The molecule has 6 rings (SSSR count). The largest absolute Gasteiger partial charge is 0.422 e. The van der Waals surface area contributed by atoms with E-state index in [0.717, 1.165) is 36.7 Å². The van der Waals surface area contributed by atoms with Crippen LogP contribution in [0.3, 0.4) is 0 Å². The number of hydrogen-bond acceptors (Lipinski definition) is 5. The van der Waals surface area contributed by atoms with Crippen molar-refractivity contribution < 1.29 is 22.2 Å². The van der Waals surface area contributed by atoms with Gasteiger partial charge < -0.3 is 9.05 Å². The first-order valence-corrected chi connectivity index (χ1v) is 12.1. The molecule has 0 unspecified atom stereocenters. The fourth-order valence-electron chi connectivity index (χ4n) is 5.57. The minimum Gasteiger partial charge on any atom is -0.352 e. The number of likely N-dealkylation sites (tertiary alicyclic amines) is 1. The summed E-state index contributed by atoms with van der Waals surface area (Å²) in [6.45, 7) is 9.53. The molecule has 1 fully saturated rings. The van der Waals surface area contributed by atoms with E-state index >= 15 is 0 Å². The quantitative estimate of drug-likeness (QED) is 0.307. The predicted octanol–water partition coefficient (Wildman–Crippen LogP) is 6.97. The van der Waals surface area contributed by atoms with Crippen molar-refractivity contribution >= 4 is 0 Å². The Hall–Kier alpha value is -3.39. The van der Waals surface area contributed by atoms with Crippen molar-refractivity contribution in [1.82, 2.24) is 15.2 Å². The van der Waals surface area contributed by atoms with E-state index in [-0.39, 0.29) is 16.9 Å². The van der Waals surface area contributed by atoms with E-state index in [1.165, 1.54) is 5.56 Å². The van der Waals surface area contributed by atoms with Gasteiger partial charge in [0.1, 0.15) is 17.0 Å². The fourth-order valence-corrected chi connectivity index (χ4v) is 5.57. The van der Waals surface area contributed by atoms with E-state index in [0.29, 0.717) is 23.2 Å². The number of aromatic nitrogens is 2. The Morgan fingerprint density at radius 2 is 1.67 bits per heavy atom. The maximum Gasteiger partial charge on any atom is 0.422 e. The van der Waals surface area contributed by atoms with Crippen molar-refractivity contribution in [2.24, 2.45) is 5.92 Å². The van der Waals surface area contributed by atoms with E-state index in [4.69, 9.17) is 9.05 Å². The van der Waals surface area contributed by atoms with E-state index in [1.54, 1.807) is 30.3 Å². The van der Waals surface area contributed by atoms with Crippen molar-refractivity contribution in [3.05, 3.63) is 70.8 Å². The minimum absolute atomic E-state index is 0.00984. The lowest BCUT2D eigenvalue weighted by Gasteiger charge is -2.38. The molecule has 2 aromatic carbocycles. The second-order valence-electron chi connectivity index (χ2n) is 10.7. The molecule has 0 spiro atoms. The van der Waals surface area contributed by atoms with Gasteiger partial charge in [0.25, 0.3) is 0 Å². The molecule has 0 bridgehead atoms. The van der Waals surface area contributed by atoms with Crippen LogP contribution >= 0.6 is 0 Å². The van der Waals surface area contributed by atoms with Crippen molar-refractivity contribution in [3.8, 4) is 34.0 Å². The highest BCUT2D eigenvalue weighted by Crippen LogP contribution is 2.49. The monoisotopic (exact) mass is 493 g/mol. The van der Waals surface area contributed by atoms with Crippen molar-refractivity contribution in [2.45, 2.75) is 45.3 Å². The van der Waals surface area contributed by atoms with Crippen LogP contribution in [0.5, 0.6) is 0 Å². The molecule has 36 heavy (non-hydrogen) atoms. The first-order valence-electron chi connectivity index (χ1n) is 12.1. The van der Waals surface area contributed by atoms with Crippen LogP contribution in [0.25, 0.3) is 34.0 Å². The maximum atomic E-state index is 14.3. The van der Waals surface area contributed by atoms with Crippen LogP contribution in [-0.2, 0) is 24.6 Å². The van der Waals surface area contributed by atoms with Gasteiger partial charge in [-0.3, -0.25) is 4.90 Å². The van der Waals surface area contributed by atoms with Gasteiger partial charge in [-0.15, -0.1) is 0 Å². The van der Waals surface area contributed by atoms with Crippen molar-refractivity contribution in [1.29, 1.82) is 0 Å². The topological polar surface area (TPSA) is 55.3 Å². The number of halogens is 3. The normalized spacial score (nSPS) is 17.5. The van der Waals surface area contributed by atoms with Gasteiger partial charge in [0.05, 0.1) is 0 Å². The number of rotatable bonds is 4. The van der Waals surface area contributed by atoms with Gasteiger partial charge in [-0.2, -0.15) is 13.2 Å². The Morgan fingerprint density at radius 1 is 0.972 bits per heavy atom. The third-order valence-electron chi connectivity index (χ3n) is 7.25. The number of alkyl halides is 3. The molecule has 186 valence electrons. The summed E-state index contributed by atoms with van der Waals surface area (Å²) in [4.78, 5) is 2.41. The zero-order chi connectivity index (χ0) is 25.2. The van der Waals surface area contributed by atoms with Gasteiger partial charge in [0, 0.05) is 36.3 Å². The molecule has 2 aliphatic rings. The third-order valence-corrected chi connectivity index (χ3v) is 7.25. The molecule has 0 N–H and O–H groups in total. The number of fused-ring (bicyclic) bond motifs is 3. The Kier molecular flexibility index (Phi) is 5.16. The zero-order valence-electron chi connectivity index (χ0n) is 20.3. The molecule has 8 heteroatoms. The second kappa shape index (κ2) is 8.06. The molecule has 1 aliphatic carbocycles. The SMILES string of the molecule is CC1CN(Cc2ccc3c(c2)C(C)(C)Cc2c-3noc2-c2onc(-c3ccccc3)c2C(F)(F)F)C1. The first-order chi connectivity index (χ1) is 17.1. The lowest BCUT2D eigenvalue weighted by Crippen LogP contribution is -2.44. The average molecular weight is 494 g/mol. The van der Waals surface area contributed by atoms with E-state index < -0.39 is 17.5 Å². The Bertz CT molecular complexity index is 1430. The second-order valence-corrected chi connectivity index (χ2v) is 10.7. The molecule has 0 amide bonds. The molecule has 2 aromatic heterocycles. The van der Waals surface area contributed by atoms with Crippen LogP contribution in [0.1, 0.15) is 43.0 Å². The molecule has 1 aliphatic heterocycles. The standard InChI is InChI=1S/C28H26F3N3O2/c1-16-13-34(14-16)15-17-9-10-19-21(11-17)27(2,3)12-20-24(19)33-35-25(20)26-22(28(29,30)31)23(32-36-26)18-7-5-4-6-8-18/h4-11,16H,12-15H2,1-3H3. The summed E-state index contributed by atoms with van der Waals surface area (Å²) < 4.78 is 53.8. The molecule has 5 nitrogen and oxygen atoms in total. The zero-order valence-corrected chi connectivity index (χ0v) is 20.3. The number of hydrogen-bond donors (Lipinski definition) is 0. The smallest absolute Gasteiger partial charge is 0.352 e. The van der Waals surface area contributed by atoms with Crippen LogP contribution in [-0.4, -0.2) is 28.3 Å². The highest BCUT2D eigenvalue weighted by molar-refractivity contribution is 5.80. The summed E-state index contributed by atoms with van der Waals surface area (Å²) in [5, 5.41) is 8.04. The van der Waals surface area contributed by atoms with E-state index in [2.05, 4.69) is 48.1 Å². The van der Waals surface area contributed by atoms with Crippen LogP contribution in [0.15, 0.2) is 57.6 Å². The van der Waals surface area contributed by atoms with E-state index in [1.807, 2.05) is 6.07 Å². The third kappa shape index (κ3) is 3.75.